The van der Waals surface area contributed by atoms with E-state index in [9.17, 15) is 24.0 Å². The van der Waals surface area contributed by atoms with Crippen molar-refractivity contribution < 1.29 is 47.7 Å². The van der Waals surface area contributed by atoms with Crippen molar-refractivity contribution >= 4 is 131 Å². The van der Waals surface area contributed by atoms with E-state index in [1.54, 1.807) is 35.5 Å². The van der Waals surface area contributed by atoms with E-state index in [0.717, 1.165) is 236 Å². The molecule has 26 bridgehead atoms. The highest BCUT2D eigenvalue weighted by Crippen LogP contribution is 2.36. The van der Waals surface area contributed by atoms with Gasteiger partial charge in [-0.3, -0.25) is 24.0 Å². The van der Waals surface area contributed by atoms with Crippen LogP contribution in [0, 0.1) is 17.8 Å². The molecule has 11 aromatic rings. The molecule has 0 saturated heterocycles. The molecule has 29 nitrogen and oxygen atoms in total. The minimum absolute atomic E-state index is 0.0729. The van der Waals surface area contributed by atoms with E-state index in [1.165, 1.54) is 95.2 Å². The van der Waals surface area contributed by atoms with Crippen molar-refractivity contribution in [3.63, 3.8) is 0 Å². The highest BCUT2D eigenvalue weighted by Gasteiger charge is 2.29. The Hall–Kier alpha value is -10.4. The number of ether oxygens (including phenoxy) is 5. The molecule has 0 spiro atoms. The summed E-state index contributed by atoms with van der Waals surface area (Å²) in [7, 11) is 0. The lowest BCUT2D eigenvalue weighted by Crippen LogP contribution is -2.34. The van der Waals surface area contributed by atoms with Gasteiger partial charge in [0.15, 0.2) is 0 Å². The number of aromatic nitrogens is 10. The summed E-state index contributed by atoms with van der Waals surface area (Å²) >= 11 is 10.8. The van der Waals surface area contributed by atoms with E-state index in [4.69, 9.17) is 23.7 Å². The Bertz CT molecular complexity index is 5420. The molecule has 129 heavy (non-hydrogen) atoms. The minimum atomic E-state index is -0.262. The van der Waals surface area contributed by atoms with Gasteiger partial charge in [0.1, 0.15) is 89.1 Å². The monoisotopic (exact) mass is 1910 g/mol. The van der Waals surface area contributed by atoms with Gasteiger partial charge in [0.05, 0.1) is 37.2 Å². The standard InChI is InChI=1S/C20H19BrN4O2S.C19H24N4O2S.C19H26N4OS.C18H22N4O2S.C18H21N3O3S/c21-14-4-5-17-15(11-14)24-19(26)16-12-28-20(25-16)13-6-8-23-18(10-13)22-7-2-1-3-9-27-17;24-18-16-12-26-19(23-16)14-5-7-21-17(10-14)20-6-2-8-25-15-4-1-3-13(9-15)11-22-18;1-2-23-12-8-6-4-3-5-7-10-21-18(24)16-14-25-19(22-16)15-9-11-20-17(23)13-15;23-17-15-11-25-18(22-15)13-4-6-20-16(9-13)19-5-1-7-24-14-3-2-12(8-14)10-21-17;22-17-15-11-25-18(21-15)13-5-6-19-16(9-13)24-8-7-23-14-3-1-12(2-4-14)10-20-17/h4-6,8,10-12H,1-3,7,9H2,(H,22,23)(H,24,26);5,7,10,12-13,15H,1-4,6,8-9,11H2,(H,20,21)(H,22,24);9,11,13-14H,2-8,10,12H2,1H3,(H,21,24);4,6,9,11-12,14H,1-3,5,7-8,10H2,(H,19,20)(H,21,23);5-6,9,11-12,14H,1-4,7-8,10H2,(H,20,22)/t;;;12-,14-;/m...0./s1. The summed E-state index contributed by atoms with van der Waals surface area (Å²) in [6.07, 6.45) is 33.7. The second-order valence-electron chi connectivity index (χ2n) is 32.9. The van der Waals surface area contributed by atoms with Crippen molar-refractivity contribution in [2.45, 2.75) is 166 Å². The molecule has 4 atom stereocenters. The molecule has 10 aromatic heterocycles. The summed E-state index contributed by atoms with van der Waals surface area (Å²) in [6, 6.07) is 25.0. The summed E-state index contributed by atoms with van der Waals surface area (Å²) in [5.41, 5.74) is 7.78. The topological polar surface area (TPSA) is 360 Å². The van der Waals surface area contributed by atoms with E-state index in [2.05, 4.69) is 126 Å². The first-order valence-corrected chi connectivity index (χ1v) is 50.4. The van der Waals surface area contributed by atoms with Gasteiger partial charge in [0.2, 0.25) is 5.88 Å². The minimum Gasteiger partial charge on any atom is -0.491 e. The molecule has 3 aliphatic carbocycles. The Morgan fingerprint density at radius 3 is 1.36 bits per heavy atom. The molecule has 8 N–H and O–H groups in total. The van der Waals surface area contributed by atoms with Gasteiger partial charge in [-0.1, -0.05) is 48.0 Å². The number of thiazole rings is 5. The lowest BCUT2D eigenvalue weighted by Gasteiger charge is -2.29. The number of pyridine rings is 5. The van der Waals surface area contributed by atoms with Crippen LogP contribution >= 0.6 is 72.6 Å². The molecule has 35 heteroatoms. The SMILES string of the molecule is CCN1CCCCCCCCNC(=O)c2csc(n2)-c2ccnc1c2.O=C1NCC2CCC(CC2)OCCOc2cc(ccn2)-c2nc1cs2.O=C1NCC2CCCC(C2)OCCCNc2cc(ccn2)-c2nc1cs2.O=C1NC[C@H]2CC[C@@H](C2)OCCCNc2cc(ccn2)-c2nc1cs2.O=C1Nc2cc(Br)ccc2OCCCCCNc2cc(ccn2)-c2nc1cs2. The molecule has 2 unspecified atom stereocenters. The quantitative estimate of drug-likeness (QED) is 0.0756. The van der Waals surface area contributed by atoms with Crippen molar-refractivity contribution in [2.24, 2.45) is 17.8 Å². The van der Waals surface area contributed by atoms with Gasteiger partial charge in [0.25, 0.3) is 29.5 Å². The fourth-order valence-electron chi connectivity index (χ4n) is 16.3. The maximum absolute atomic E-state index is 12.7. The van der Waals surface area contributed by atoms with Gasteiger partial charge in [-0.25, -0.2) is 49.8 Å². The Kier molecular flexibility index (Phi) is 35.1. The molecule has 5 amide bonds. The van der Waals surface area contributed by atoms with Crippen LogP contribution in [0.5, 0.6) is 11.6 Å². The zero-order valence-corrected chi connectivity index (χ0v) is 78.3. The molecule has 6 aliphatic heterocycles. The van der Waals surface area contributed by atoms with Crippen LogP contribution in [0.15, 0.2) is 141 Å². The maximum atomic E-state index is 12.7. The first-order valence-electron chi connectivity index (χ1n) is 45.2. The molecule has 0 radical (unpaired) electrons. The summed E-state index contributed by atoms with van der Waals surface area (Å²) in [5.74, 6) is 5.55. The average Bonchev–Trinajstić information content (AvgIpc) is 1.85. The van der Waals surface area contributed by atoms with Gasteiger partial charge in [0, 0.05) is 168 Å². The molecular formula is C94H112BrN19O10S5. The molecular weight excluding hydrogens is 1800 g/mol. The fraction of sp³-hybridized carbons (Fsp3) is 0.457. The number of fused-ring (bicyclic) bond motifs is 32. The van der Waals surface area contributed by atoms with Crippen LogP contribution in [0.1, 0.15) is 201 Å². The number of carbonyl (C=O) groups excluding carboxylic acids is 5. The highest BCUT2D eigenvalue weighted by atomic mass is 79.9. The van der Waals surface area contributed by atoms with Gasteiger partial charge < -0.3 is 71.1 Å². The number of rotatable bonds is 1. The number of halogens is 1. The first kappa shape index (κ1) is 93.3. The van der Waals surface area contributed by atoms with Crippen LogP contribution in [-0.2, 0) is 14.2 Å². The molecule has 20 rings (SSSR count). The van der Waals surface area contributed by atoms with Crippen molar-refractivity contribution in [3.05, 3.63) is 170 Å². The van der Waals surface area contributed by atoms with E-state index in [0.29, 0.717) is 121 Å². The number of nitrogens with one attached hydrogen (secondary N) is 8. The Labute approximate surface area is 780 Å². The number of benzene rings is 1. The van der Waals surface area contributed by atoms with Crippen LogP contribution in [0.4, 0.5) is 29.0 Å². The van der Waals surface area contributed by atoms with Gasteiger partial charge in [-0.2, -0.15) is 0 Å². The van der Waals surface area contributed by atoms with Crippen LogP contribution in [-0.4, -0.2) is 190 Å². The Morgan fingerprint density at radius 1 is 0.372 bits per heavy atom. The largest absolute Gasteiger partial charge is 0.491 e. The lowest BCUT2D eigenvalue weighted by atomic mass is 9.87. The van der Waals surface area contributed by atoms with Crippen LogP contribution in [0.2, 0.25) is 0 Å². The molecule has 9 aliphatic rings. The van der Waals surface area contributed by atoms with Crippen molar-refractivity contribution in [2.75, 3.05) is 118 Å². The zero-order valence-electron chi connectivity index (χ0n) is 72.6. The van der Waals surface area contributed by atoms with Crippen molar-refractivity contribution in [3.8, 4) is 64.5 Å². The van der Waals surface area contributed by atoms with E-state index < -0.39 is 0 Å². The van der Waals surface area contributed by atoms with E-state index in [-0.39, 0.29) is 29.5 Å². The van der Waals surface area contributed by atoms with Crippen LogP contribution < -0.4 is 56.9 Å². The van der Waals surface area contributed by atoms with Gasteiger partial charge in [-0.05, 0) is 207 Å². The smallest absolute Gasteiger partial charge is 0.275 e. The molecule has 16 heterocycles. The number of carbonyl (C=O) groups is 5. The highest BCUT2D eigenvalue weighted by molar-refractivity contribution is 9.10. The van der Waals surface area contributed by atoms with Crippen molar-refractivity contribution in [1.29, 1.82) is 0 Å². The third-order valence-electron chi connectivity index (χ3n) is 23.4. The second kappa shape index (κ2) is 48.5. The fourth-order valence-corrected chi connectivity index (χ4v) is 20.7. The summed E-state index contributed by atoms with van der Waals surface area (Å²) in [4.78, 5) is 109. The third kappa shape index (κ3) is 28.1. The van der Waals surface area contributed by atoms with Crippen LogP contribution in [0.25, 0.3) is 52.9 Å². The normalized spacial score (nSPS) is 20.8. The van der Waals surface area contributed by atoms with Crippen LogP contribution in [0.3, 0.4) is 0 Å². The third-order valence-corrected chi connectivity index (χ3v) is 28.4. The predicted octanol–water partition coefficient (Wildman–Crippen LogP) is 18.5. The number of hydrogen-bond donors (Lipinski definition) is 8. The molecule has 3 saturated carbocycles. The number of anilines is 5. The van der Waals surface area contributed by atoms with Gasteiger partial charge in [-0.15, -0.1) is 56.7 Å². The van der Waals surface area contributed by atoms with E-state index in [1.807, 2.05) is 95.1 Å². The van der Waals surface area contributed by atoms with E-state index >= 15 is 0 Å². The molecule has 1 aromatic carbocycles. The lowest BCUT2D eigenvalue weighted by molar-refractivity contribution is 0.00385. The number of nitrogens with zero attached hydrogens (tertiary/aromatic N) is 11. The summed E-state index contributed by atoms with van der Waals surface area (Å²) in [5, 5.41) is 38.2. The molecule has 680 valence electrons. The second-order valence-corrected chi connectivity index (χ2v) is 38.1. The Balaban J connectivity index is 0.000000124. The predicted molar refractivity (Wildman–Crippen MR) is 514 cm³/mol. The number of hydrogen-bond acceptors (Lipinski definition) is 29. The summed E-state index contributed by atoms with van der Waals surface area (Å²) in [6.45, 7) is 12.7. The summed E-state index contributed by atoms with van der Waals surface area (Å²) < 4.78 is 30.4. The average molecular weight is 1910 g/mol. The Morgan fingerprint density at radius 2 is 0.806 bits per heavy atom. The first-order chi connectivity index (χ1) is 63.3. The zero-order chi connectivity index (χ0) is 88.7. The maximum Gasteiger partial charge on any atom is 0.275 e. The van der Waals surface area contributed by atoms with Gasteiger partial charge >= 0.3 is 0 Å². The van der Waals surface area contributed by atoms with Crippen molar-refractivity contribution in [1.82, 2.24) is 71.1 Å². The number of amides is 5. The molecule has 3 fully saturated rings.